The maximum absolute atomic E-state index is 6.70. The van der Waals surface area contributed by atoms with Gasteiger partial charge in [0.1, 0.15) is 34.5 Å². The fourth-order valence-electron chi connectivity index (χ4n) is 8.99. The zero-order chi connectivity index (χ0) is 33.9. The van der Waals surface area contributed by atoms with Gasteiger partial charge in [0.25, 0.3) is 6.71 Å². The van der Waals surface area contributed by atoms with Gasteiger partial charge in [0.05, 0.1) is 0 Å². The first kappa shape index (κ1) is 28.0. The Hall–Kier alpha value is -6.78. The molecule has 0 spiro atoms. The van der Waals surface area contributed by atoms with Crippen molar-refractivity contribution in [3.05, 3.63) is 164 Å². The van der Waals surface area contributed by atoms with Gasteiger partial charge in [-0.15, -0.1) is 0 Å². The van der Waals surface area contributed by atoms with Crippen LogP contribution in [0.2, 0.25) is 0 Å². The Balaban J connectivity index is 1.04. The van der Waals surface area contributed by atoms with Crippen LogP contribution in [0.25, 0.3) is 65.7 Å². The first-order valence-corrected chi connectivity index (χ1v) is 17.8. The van der Waals surface area contributed by atoms with E-state index in [1.165, 1.54) is 49.0 Å². The number of hydrogen-bond donors (Lipinski definition) is 0. The van der Waals surface area contributed by atoms with E-state index < -0.39 is 0 Å². The Morgan fingerprint density at radius 2 is 0.654 bits per heavy atom. The molecule has 12 rings (SSSR count). The lowest BCUT2D eigenvalue weighted by Gasteiger charge is -2.37. The summed E-state index contributed by atoms with van der Waals surface area (Å²) in [4.78, 5) is 0. The predicted octanol–water partition coefficient (Wildman–Crippen LogP) is 11.0. The fourth-order valence-corrected chi connectivity index (χ4v) is 8.99. The van der Waals surface area contributed by atoms with Crippen LogP contribution < -0.4 is 30.6 Å². The molecule has 52 heavy (non-hydrogen) atoms. The standard InChI is InChI=1S/C48H27BO3/c1-3-13-32(30(11-1)28-23-24-38-36-17-6-5-15-34(36)35-16-7-8-18-37(35)39(38)25-28)33-14-4-2-12-31(33)29-26-44-48-45(27-29)52-43-22-10-20-41-47(43)49(48)46-40(50-41)19-9-21-42(46)51-44/h1-27H. The van der Waals surface area contributed by atoms with Gasteiger partial charge in [-0.3, -0.25) is 0 Å². The SMILES string of the molecule is c1cc2c3c(c1)Oc1cc(-c4ccccc4-c4ccccc4-c4ccc5c6ccccc6c6ccccc6c5c4)cc4c1B3c1c(cccc1O4)O2. The maximum Gasteiger partial charge on any atom is 0.270 e. The van der Waals surface area contributed by atoms with Gasteiger partial charge < -0.3 is 14.2 Å². The molecule has 3 nitrogen and oxygen atoms in total. The molecule has 0 N–H and O–H groups in total. The lowest BCUT2D eigenvalue weighted by molar-refractivity contribution is 0.443. The minimum atomic E-state index is -0.00947. The normalized spacial score (nSPS) is 13.0. The molecule has 0 amide bonds. The van der Waals surface area contributed by atoms with Crippen LogP contribution in [0.15, 0.2) is 164 Å². The average Bonchev–Trinajstić information content (AvgIpc) is 3.21. The number of fused-ring (bicyclic) bond motifs is 6. The molecule has 3 aliphatic heterocycles. The summed E-state index contributed by atoms with van der Waals surface area (Å²) in [5.74, 6) is 4.98. The van der Waals surface area contributed by atoms with E-state index in [1.54, 1.807) is 0 Å². The van der Waals surface area contributed by atoms with Gasteiger partial charge in [0.2, 0.25) is 0 Å². The van der Waals surface area contributed by atoms with Gasteiger partial charge in [-0.2, -0.15) is 0 Å². The molecule has 0 unspecified atom stereocenters. The molecular formula is C48H27BO3. The van der Waals surface area contributed by atoms with E-state index in [9.17, 15) is 0 Å². The fraction of sp³-hybridized carbons (Fsp3) is 0. The van der Waals surface area contributed by atoms with Crippen molar-refractivity contribution in [2.45, 2.75) is 0 Å². The Morgan fingerprint density at radius 3 is 1.17 bits per heavy atom. The molecule has 0 saturated carbocycles. The minimum Gasteiger partial charge on any atom is -0.458 e. The second kappa shape index (κ2) is 10.4. The first-order valence-electron chi connectivity index (χ1n) is 17.8. The van der Waals surface area contributed by atoms with Crippen LogP contribution in [0.1, 0.15) is 0 Å². The number of hydrogen-bond acceptors (Lipinski definition) is 3. The highest BCUT2D eigenvalue weighted by molar-refractivity contribution is 6.99. The summed E-state index contributed by atoms with van der Waals surface area (Å²) < 4.78 is 19.8. The Labute approximate surface area is 300 Å². The molecule has 240 valence electrons. The van der Waals surface area contributed by atoms with E-state index in [0.717, 1.165) is 67.6 Å². The molecule has 0 aromatic heterocycles. The van der Waals surface area contributed by atoms with Crippen molar-refractivity contribution >= 4 is 55.4 Å². The lowest BCUT2D eigenvalue weighted by atomic mass is 9.34. The van der Waals surface area contributed by atoms with Gasteiger partial charge >= 0.3 is 0 Å². The van der Waals surface area contributed by atoms with E-state index in [4.69, 9.17) is 14.2 Å². The van der Waals surface area contributed by atoms with Crippen molar-refractivity contribution in [3.8, 4) is 67.9 Å². The summed E-state index contributed by atoms with van der Waals surface area (Å²) in [6, 6.07) is 58.4. The highest BCUT2D eigenvalue weighted by Gasteiger charge is 2.46. The molecule has 3 aliphatic rings. The van der Waals surface area contributed by atoms with Crippen molar-refractivity contribution in [1.29, 1.82) is 0 Å². The highest BCUT2D eigenvalue weighted by atomic mass is 16.5. The average molecular weight is 663 g/mol. The van der Waals surface area contributed by atoms with Crippen LogP contribution in [0.4, 0.5) is 0 Å². The zero-order valence-corrected chi connectivity index (χ0v) is 27.9. The molecule has 9 aromatic rings. The number of ether oxygens (including phenoxy) is 3. The molecule has 0 radical (unpaired) electrons. The van der Waals surface area contributed by atoms with Crippen molar-refractivity contribution in [2.24, 2.45) is 0 Å². The molecule has 4 heteroatoms. The smallest absolute Gasteiger partial charge is 0.270 e. The minimum absolute atomic E-state index is 0.00947. The number of benzene rings is 9. The third-order valence-electron chi connectivity index (χ3n) is 11.2. The summed E-state index contributed by atoms with van der Waals surface area (Å²) in [6.45, 7) is -0.00947. The summed E-state index contributed by atoms with van der Waals surface area (Å²) in [5, 5.41) is 7.64. The monoisotopic (exact) mass is 662 g/mol. The van der Waals surface area contributed by atoms with Gasteiger partial charge in [-0.25, -0.2) is 0 Å². The topological polar surface area (TPSA) is 27.7 Å². The summed E-state index contributed by atoms with van der Waals surface area (Å²) in [7, 11) is 0. The predicted molar refractivity (Wildman–Crippen MR) is 213 cm³/mol. The van der Waals surface area contributed by atoms with E-state index in [0.29, 0.717) is 0 Å². The quantitative estimate of drug-likeness (QED) is 0.139. The van der Waals surface area contributed by atoms with Gasteiger partial charge in [-0.1, -0.05) is 121 Å². The third-order valence-corrected chi connectivity index (χ3v) is 11.2. The second-order valence-corrected chi connectivity index (χ2v) is 13.9. The van der Waals surface area contributed by atoms with E-state index in [1.807, 2.05) is 36.4 Å². The molecular weight excluding hydrogens is 635 g/mol. The highest BCUT2D eigenvalue weighted by Crippen LogP contribution is 2.46. The second-order valence-electron chi connectivity index (χ2n) is 13.9. The van der Waals surface area contributed by atoms with Crippen LogP contribution in [0.3, 0.4) is 0 Å². The van der Waals surface area contributed by atoms with Crippen molar-refractivity contribution in [3.63, 3.8) is 0 Å². The van der Waals surface area contributed by atoms with Crippen molar-refractivity contribution in [1.82, 2.24) is 0 Å². The van der Waals surface area contributed by atoms with Crippen LogP contribution in [0, 0.1) is 0 Å². The summed E-state index contributed by atoms with van der Waals surface area (Å²) in [6.07, 6.45) is 0. The third kappa shape index (κ3) is 3.81. The summed E-state index contributed by atoms with van der Waals surface area (Å²) >= 11 is 0. The van der Waals surface area contributed by atoms with Crippen molar-refractivity contribution in [2.75, 3.05) is 0 Å². The summed E-state index contributed by atoms with van der Waals surface area (Å²) in [5.41, 5.74) is 10.0. The van der Waals surface area contributed by atoms with Crippen molar-refractivity contribution < 1.29 is 14.2 Å². The molecule has 0 fully saturated rings. The maximum atomic E-state index is 6.70. The molecule has 0 bridgehead atoms. The molecule has 3 heterocycles. The van der Waals surface area contributed by atoms with Gasteiger partial charge in [0, 0.05) is 16.4 Å². The first-order chi connectivity index (χ1) is 25.8. The van der Waals surface area contributed by atoms with Crippen LogP contribution in [0.5, 0.6) is 34.5 Å². The Morgan fingerprint density at radius 1 is 0.269 bits per heavy atom. The van der Waals surface area contributed by atoms with Crippen LogP contribution in [-0.2, 0) is 0 Å². The van der Waals surface area contributed by atoms with Crippen LogP contribution >= 0.6 is 0 Å². The lowest BCUT2D eigenvalue weighted by Crippen LogP contribution is -2.59. The van der Waals surface area contributed by atoms with Gasteiger partial charge in [0.15, 0.2) is 0 Å². The largest absolute Gasteiger partial charge is 0.458 e. The van der Waals surface area contributed by atoms with E-state index >= 15 is 0 Å². The number of rotatable bonds is 3. The van der Waals surface area contributed by atoms with Gasteiger partial charge in [-0.05, 0) is 108 Å². The molecule has 9 aromatic carbocycles. The Kier molecular flexibility index (Phi) is 5.58. The zero-order valence-electron chi connectivity index (χ0n) is 27.9. The van der Waals surface area contributed by atoms with E-state index in [2.05, 4.69) is 127 Å². The molecule has 0 aliphatic carbocycles. The Bertz CT molecular complexity index is 2910. The molecule has 0 atom stereocenters. The van der Waals surface area contributed by atoms with Crippen LogP contribution in [-0.4, -0.2) is 6.71 Å². The van der Waals surface area contributed by atoms with E-state index in [-0.39, 0.29) is 6.71 Å². The molecule has 0 saturated heterocycles.